The molecule has 0 aliphatic carbocycles. The fourth-order valence-corrected chi connectivity index (χ4v) is 5.86. The van der Waals surface area contributed by atoms with E-state index in [-0.39, 0.29) is 10.9 Å². The number of urea groups is 1. The van der Waals surface area contributed by atoms with Crippen molar-refractivity contribution in [1.29, 1.82) is 0 Å². The van der Waals surface area contributed by atoms with E-state index in [0.717, 1.165) is 46.0 Å². The molecule has 0 bridgehead atoms. The number of pyridine rings is 2. The van der Waals surface area contributed by atoms with Crippen molar-refractivity contribution in [3.63, 3.8) is 0 Å². The van der Waals surface area contributed by atoms with Crippen LogP contribution in [0.3, 0.4) is 0 Å². The number of nitrogens with zero attached hydrogens (tertiary/aromatic N) is 3. The number of fused-ring (bicyclic) bond motifs is 1. The molecule has 9 heteroatoms. The minimum Gasteiger partial charge on any atom is -0.338 e. The highest BCUT2D eigenvalue weighted by atomic mass is 32.2. The zero-order valence-corrected chi connectivity index (χ0v) is 23.3. The van der Waals surface area contributed by atoms with Gasteiger partial charge in [0.05, 0.1) is 4.90 Å². The minimum absolute atomic E-state index is 0.194. The van der Waals surface area contributed by atoms with Crippen molar-refractivity contribution < 1.29 is 13.2 Å². The van der Waals surface area contributed by atoms with Crippen molar-refractivity contribution >= 4 is 32.8 Å². The summed E-state index contributed by atoms with van der Waals surface area (Å²) < 4.78 is 28.7. The van der Waals surface area contributed by atoms with Crippen LogP contribution in [0.15, 0.2) is 96.4 Å². The molecule has 8 nitrogen and oxygen atoms in total. The lowest BCUT2D eigenvalue weighted by molar-refractivity contribution is 0.252. The number of aromatic nitrogens is 3. The van der Waals surface area contributed by atoms with Gasteiger partial charge in [-0.25, -0.2) is 22.2 Å². The molecule has 0 aliphatic rings. The van der Waals surface area contributed by atoms with Crippen LogP contribution in [0.1, 0.15) is 36.5 Å². The maximum absolute atomic E-state index is 13.7. The average Bonchev–Trinajstić information content (AvgIpc) is 3.32. The fraction of sp³-hybridized carbons (Fsp3) is 0.194. The van der Waals surface area contributed by atoms with Crippen LogP contribution in [0.2, 0.25) is 0 Å². The van der Waals surface area contributed by atoms with Gasteiger partial charge in [0.25, 0.3) is 10.0 Å². The first-order valence-electron chi connectivity index (χ1n) is 13.2. The lowest BCUT2D eigenvalue weighted by atomic mass is 10.0. The summed E-state index contributed by atoms with van der Waals surface area (Å²) in [6.07, 6.45) is 9.14. The van der Waals surface area contributed by atoms with Crippen LogP contribution in [0.25, 0.3) is 22.2 Å². The van der Waals surface area contributed by atoms with E-state index < -0.39 is 10.0 Å². The molecule has 0 radical (unpaired) electrons. The van der Waals surface area contributed by atoms with E-state index in [1.807, 2.05) is 49.4 Å². The quantitative estimate of drug-likeness (QED) is 0.213. The molecule has 0 atom stereocenters. The second-order valence-electron chi connectivity index (χ2n) is 9.72. The van der Waals surface area contributed by atoms with Gasteiger partial charge in [-0.2, -0.15) is 0 Å². The standard InChI is InChI=1S/C31H31N5O3S/c1-3-4-15-33-31(37)35-27-9-5-7-23(17-27)16-26-21-36(40(38,39)28-12-10-22(2)11-13-28)30-29(26)18-25(20-34-30)24-8-6-14-32-19-24/h5-14,17-21H,3-4,15-16H2,1-2H3,(H2,33,35,37). The first-order chi connectivity index (χ1) is 19.3. The number of hydrogen-bond acceptors (Lipinski definition) is 5. The fourth-order valence-electron chi connectivity index (χ4n) is 4.51. The second kappa shape index (κ2) is 11.7. The Morgan fingerprint density at radius 3 is 2.55 bits per heavy atom. The molecular weight excluding hydrogens is 522 g/mol. The van der Waals surface area contributed by atoms with E-state index in [1.165, 1.54) is 3.97 Å². The molecule has 0 aliphatic heterocycles. The van der Waals surface area contributed by atoms with Crippen molar-refractivity contribution in [2.75, 3.05) is 11.9 Å². The summed E-state index contributed by atoms with van der Waals surface area (Å²) in [6, 6.07) is 19.8. The molecule has 2 N–H and O–H groups in total. The van der Waals surface area contributed by atoms with Crippen LogP contribution < -0.4 is 10.6 Å². The average molecular weight is 554 g/mol. The number of carbonyl (C=O) groups excluding carboxylic acids is 1. The Morgan fingerprint density at radius 1 is 0.975 bits per heavy atom. The van der Waals surface area contributed by atoms with Crippen molar-refractivity contribution in [2.24, 2.45) is 0 Å². The molecule has 3 heterocycles. The summed E-state index contributed by atoms with van der Waals surface area (Å²) >= 11 is 0. The first kappa shape index (κ1) is 27.1. The minimum atomic E-state index is -3.89. The largest absolute Gasteiger partial charge is 0.338 e. The number of nitrogens with one attached hydrogen (secondary N) is 2. The molecule has 5 aromatic rings. The molecule has 0 fully saturated rings. The molecule has 0 spiro atoms. The number of aryl methyl sites for hydroxylation is 1. The van der Waals surface area contributed by atoms with E-state index >= 15 is 0 Å². The second-order valence-corrected chi connectivity index (χ2v) is 11.5. The third-order valence-corrected chi connectivity index (χ3v) is 8.33. The summed E-state index contributed by atoms with van der Waals surface area (Å²) in [5.74, 6) is 0. The first-order valence-corrected chi connectivity index (χ1v) is 14.7. The smallest absolute Gasteiger partial charge is 0.319 e. The number of benzene rings is 2. The molecule has 2 amide bonds. The summed E-state index contributed by atoms with van der Waals surface area (Å²) in [5.41, 5.74) is 5.44. The number of hydrogen-bond donors (Lipinski definition) is 2. The molecule has 5 rings (SSSR count). The monoisotopic (exact) mass is 553 g/mol. The van der Waals surface area contributed by atoms with Gasteiger partial charge >= 0.3 is 6.03 Å². The summed E-state index contributed by atoms with van der Waals surface area (Å²) in [4.78, 5) is 21.3. The predicted octanol–water partition coefficient (Wildman–Crippen LogP) is 6.16. The van der Waals surface area contributed by atoms with Gasteiger partial charge in [0.1, 0.15) is 0 Å². The van der Waals surface area contributed by atoms with Gasteiger partial charge in [0, 0.05) is 53.5 Å². The Kier molecular flexibility index (Phi) is 7.93. The van der Waals surface area contributed by atoms with Crippen molar-refractivity contribution in [3.8, 4) is 11.1 Å². The van der Waals surface area contributed by atoms with E-state index in [9.17, 15) is 13.2 Å². The van der Waals surface area contributed by atoms with Gasteiger partial charge in [0.15, 0.2) is 5.65 Å². The molecule has 3 aromatic heterocycles. The Hall–Kier alpha value is -4.50. The van der Waals surface area contributed by atoms with E-state index in [4.69, 9.17) is 0 Å². The van der Waals surface area contributed by atoms with Crippen LogP contribution in [-0.4, -0.2) is 34.9 Å². The van der Waals surface area contributed by atoms with Gasteiger partial charge in [-0.1, -0.05) is 49.2 Å². The topological polar surface area (TPSA) is 106 Å². The van der Waals surface area contributed by atoms with Gasteiger partial charge in [-0.15, -0.1) is 0 Å². The SMILES string of the molecule is CCCCNC(=O)Nc1cccc(Cc2cn(S(=O)(=O)c3ccc(C)cc3)c3ncc(-c4cccnc4)cc23)c1. The van der Waals surface area contributed by atoms with Crippen molar-refractivity contribution in [1.82, 2.24) is 19.3 Å². The third kappa shape index (κ3) is 5.89. The summed E-state index contributed by atoms with van der Waals surface area (Å²) in [5, 5.41) is 6.46. The van der Waals surface area contributed by atoms with Gasteiger partial charge in [-0.05, 0) is 67.3 Å². The van der Waals surface area contributed by atoms with Gasteiger partial charge < -0.3 is 10.6 Å². The van der Waals surface area contributed by atoms with Crippen LogP contribution in [0.4, 0.5) is 10.5 Å². The Labute approximate surface area is 234 Å². The normalized spacial score (nSPS) is 11.4. The van der Waals surface area contributed by atoms with E-state index in [2.05, 4.69) is 27.5 Å². The predicted molar refractivity (Wildman–Crippen MR) is 158 cm³/mol. The van der Waals surface area contributed by atoms with Crippen LogP contribution in [0.5, 0.6) is 0 Å². The Morgan fingerprint density at radius 2 is 1.80 bits per heavy atom. The summed E-state index contributed by atoms with van der Waals surface area (Å²) in [6.45, 7) is 4.60. The Balaban J connectivity index is 1.54. The number of rotatable bonds is 9. The highest BCUT2D eigenvalue weighted by Gasteiger charge is 2.23. The molecule has 0 saturated carbocycles. The summed E-state index contributed by atoms with van der Waals surface area (Å²) in [7, 11) is -3.89. The zero-order valence-electron chi connectivity index (χ0n) is 22.5. The molecular formula is C31H31N5O3S. The maximum atomic E-state index is 13.7. The maximum Gasteiger partial charge on any atom is 0.319 e. The van der Waals surface area contributed by atoms with Gasteiger partial charge in [0.2, 0.25) is 0 Å². The van der Waals surface area contributed by atoms with E-state index in [0.29, 0.717) is 24.3 Å². The van der Waals surface area contributed by atoms with Crippen molar-refractivity contribution in [2.45, 2.75) is 38.0 Å². The van der Waals surface area contributed by atoms with Crippen LogP contribution in [-0.2, 0) is 16.4 Å². The number of anilines is 1. The number of amides is 2. The molecule has 0 unspecified atom stereocenters. The molecule has 204 valence electrons. The van der Waals surface area contributed by atoms with Crippen LogP contribution >= 0.6 is 0 Å². The molecule has 40 heavy (non-hydrogen) atoms. The zero-order chi connectivity index (χ0) is 28.1. The lowest BCUT2D eigenvalue weighted by Gasteiger charge is -2.09. The van der Waals surface area contributed by atoms with E-state index in [1.54, 1.807) is 49.1 Å². The van der Waals surface area contributed by atoms with Gasteiger partial charge in [-0.3, -0.25) is 4.98 Å². The van der Waals surface area contributed by atoms with Crippen molar-refractivity contribution in [3.05, 3.63) is 108 Å². The third-order valence-electron chi connectivity index (χ3n) is 6.66. The highest BCUT2D eigenvalue weighted by Crippen LogP contribution is 2.30. The molecule has 2 aromatic carbocycles. The Bertz CT molecular complexity index is 1750. The highest BCUT2D eigenvalue weighted by molar-refractivity contribution is 7.90. The number of unbranched alkanes of at least 4 members (excludes halogenated alkanes) is 1. The molecule has 0 saturated heterocycles. The van der Waals surface area contributed by atoms with Crippen LogP contribution in [0, 0.1) is 6.92 Å². The lowest BCUT2D eigenvalue weighted by Crippen LogP contribution is -2.29. The number of carbonyl (C=O) groups is 1.